The number of ether oxygens (including phenoxy) is 1. The Labute approximate surface area is 123 Å². The molecule has 114 valence electrons. The third-order valence-electron chi connectivity index (χ3n) is 3.09. The first kappa shape index (κ1) is 15.5. The number of carbonyl (C=O) groups is 1. The van der Waals surface area contributed by atoms with Crippen molar-refractivity contribution in [2.45, 2.75) is 33.0 Å². The van der Waals surface area contributed by atoms with E-state index in [1.165, 1.54) is 0 Å². The minimum absolute atomic E-state index is 0.0454. The molecule has 0 spiro atoms. The third kappa shape index (κ3) is 3.83. The highest BCUT2D eigenvalue weighted by atomic mass is 16.5. The minimum atomic E-state index is -0.276. The van der Waals surface area contributed by atoms with Crippen LogP contribution in [0.5, 0.6) is 0 Å². The Balaban J connectivity index is 2.27. The molecule has 1 heterocycles. The van der Waals surface area contributed by atoms with Crippen LogP contribution in [-0.2, 0) is 11.3 Å². The van der Waals surface area contributed by atoms with Gasteiger partial charge in [-0.1, -0.05) is 18.2 Å². The fourth-order valence-electron chi connectivity index (χ4n) is 2.04. The van der Waals surface area contributed by atoms with E-state index < -0.39 is 0 Å². The van der Waals surface area contributed by atoms with Gasteiger partial charge in [0.05, 0.1) is 12.7 Å². The Morgan fingerprint density at radius 3 is 2.86 bits per heavy atom. The van der Waals surface area contributed by atoms with E-state index in [9.17, 15) is 4.79 Å². The van der Waals surface area contributed by atoms with Gasteiger partial charge in [0.1, 0.15) is 5.58 Å². The van der Waals surface area contributed by atoms with Crippen LogP contribution in [0.15, 0.2) is 28.7 Å². The van der Waals surface area contributed by atoms with Crippen molar-refractivity contribution in [2.24, 2.45) is 0 Å². The van der Waals surface area contributed by atoms with Crippen LogP contribution >= 0.6 is 0 Å². The Morgan fingerprint density at radius 1 is 1.38 bits per heavy atom. The summed E-state index contributed by atoms with van der Waals surface area (Å²) in [5, 5.41) is 12.4. The lowest BCUT2D eigenvalue weighted by Crippen LogP contribution is -2.25. The Hall–Kier alpha value is -1.85. The predicted octanol–water partition coefficient (Wildman–Crippen LogP) is 2.47. The minimum Gasteiger partial charge on any atom is -0.451 e. The zero-order valence-electron chi connectivity index (χ0n) is 12.4. The summed E-state index contributed by atoms with van der Waals surface area (Å²) in [6.45, 7) is 4.69. The SMILES string of the molecule is CC(C)OCc1c(C(=O)NCCCO)oc2ccccc12. The molecule has 0 aliphatic heterocycles. The van der Waals surface area contributed by atoms with Crippen molar-refractivity contribution in [2.75, 3.05) is 13.2 Å². The highest BCUT2D eigenvalue weighted by Crippen LogP contribution is 2.26. The number of carbonyl (C=O) groups excluding carboxylic acids is 1. The molecule has 5 heteroatoms. The van der Waals surface area contributed by atoms with Crippen LogP contribution in [0.3, 0.4) is 0 Å². The van der Waals surface area contributed by atoms with Crippen molar-refractivity contribution in [1.29, 1.82) is 0 Å². The predicted molar refractivity (Wildman–Crippen MR) is 80.2 cm³/mol. The fraction of sp³-hybridized carbons (Fsp3) is 0.438. The largest absolute Gasteiger partial charge is 0.451 e. The molecule has 0 atom stereocenters. The molecule has 0 saturated carbocycles. The summed E-state index contributed by atoms with van der Waals surface area (Å²) in [4.78, 5) is 12.2. The number of aliphatic hydroxyl groups is 1. The number of furan rings is 1. The molecule has 1 amide bonds. The van der Waals surface area contributed by atoms with E-state index in [0.717, 1.165) is 10.9 Å². The number of benzene rings is 1. The molecule has 0 aliphatic carbocycles. The second-order valence-electron chi connectivity index (χ2n) is 5.10. The van der Waals surface area contributed by atoms with E-state index in [1.54, 1.807) is 0 Å². The molecule has 1 aromatic heterocycles. The first-order chi connectivity index (χ1) is 10.1. The van der Waals surface area contributed by atoms with Crippen LogP contribution in [0.4, 0.5) is 0 Å². The summed E-state index contributed by atoms with van der Waals surface area (Å²) in [5.41, 5.74) is 1.44. The first-order valence-electron chi connectivity index (χ1n) is 7.14. The number of amides is 1. The summed E-state index contributed by atoms with van der Waals surface area (Å²) < 4.78 is 11.3. The molecule has 1 aromatic carbocycles. The summed E-state index contributed by atoms with van der Waals surface area (Å²) in [6.07, 6.45) is 0.591. The van der Waals surface area contributed by atoms with Gasteiger partial charge in [0.15, 0.2) is 5.76 Å². The normalized spacial score (nSPS) is 11.2. The van der Waals surface area contributed by atoms with Crippen molar-refractivity contribution in [3.05, 3.63) is 35.6 Å². The summed E-state index contributed by atoms with van der Waals surface area (Å²) in [7, 11) is 0. The summed E-state index contributed by atoms with van der Waals surface area (Å²) in [5.74, 6) is 0.0109. The van der Waals surface area contributed by atoms with Gasteiger partial charge < -0.3 is 19.6 Å². The van der Waals surface area contributed by atoms with E-state index in [4.69, 9.17) is 14.3 Å². The molecule has 0 radical (unpaired) electrons. The van der Waals surface area contributed by atoms with Gasteiger partial charge in [-0.3, -0.25) is 4.79 Å². The van der Waals surface area contributed by atoms with E-state index in [2.05, 4.69) is 5.32 Å². The molecule has 0 fully saturated rings. The van der Waals surface area contributed by atoms with E-state index in [1.807, 2.05) is 38.1 Å². The molecule has 0 unspecified atom stereocenters. The maximum atomic E-state index is 12.2. The lowest BCUT2D eigenvalue weighted by atomic mass is 10.1. The number of aliphatic hydroxyl groups excluding tert-OH is 1. The van der Waals surface area contributed by atoms with Gasteiger partial charge in [0.2, 0.25) is 0 Å². The lowest BCUT2D eigenvalue weighted by Gasteiger charge is -2.08. The average molecular weight is 291 g/mol. The second-order valence-corrected chi connectivity index (χ2v) is 5.10. The van der Waals surface area contributed by atoms with Crippen molar-refractivity contribution < 1.29 is 19.1 Å². The van der Waals surface area contributed by atoms with Gasteiger partial charge in [0.25, 0.3) is 5.91 Å². The smallest absolute Gasteiger partial charge is 0.287 e. The summed E-state index contributed by atoms with van der Waals surface area (Å²) in [6, 6.07) is 7.53. The third-order valence-corrected chi connectivity index (χ3v) is 3.09. The van der Waals surface area contributed by atoms with Gasteiger partial charge in [-0.05, 0) is 26.3 Å². The molecule has 2 aromatic rings. The van der Waals surface area contributed by atoms with Gasteiger partial charge >= 0.3 is 0 Å². The van der Waals surface area contributed by atoms with Crippen LogP contribution in [0.25, 0.3) is 11.0 Å². The quantitative estimate of drug-likeness (QED) is 0.769. The van der Waals surface area contributed by atoms with E-state index >= 15 is 0 Å². The lowest BCUT2D eigenvalue weighted by molar-refractivity contribution is 0.0643. The highest BCUT2D eigenvalue weighted by molar-refractivity contribution is 5.99. The molecule has 21 heavy (non-hydrogen) atoms. The van der Waals surface area contributed by atoms with Crippen LogP contribution in [0, 0.1) is 0 Å². The average Bonchev–Trinajstić information content (AvgIpc) is 2.84. The van der Waals surface area contributed by atoms with Gasteiger partial charge in [-0.2, -0.15) is 0 Å². The fourth-order valence-corrected chi connectivity index (χ4v) is 2.04. The topological polar surface area (TPSA) is 71.7 Å². The van der Waals surface area contributed by atoms with Crippen molar-refractivity contribution in [1.82, 2.24) is 5.32 Å². The molecule has 5 nitrogen and oxygen atoms in total. The number of hydrogen-bond acceptors (Lipinski definition) is 4. The standard InChI is InChI=1S/C16H21NO4/c1-11(2)20-10-13-12-6-3-4-7-14(12)21-15(13)16(19)17-8-5-9-18/h3-4,6-7,11,18H,5,8-10H2,1-2H3,(H,17,19). The zero-order chi connectivity index (χ0) is 15.2. The van der Waals surface area contributed by atoms with Crippen LogP contribution in [-0.4, -0.2) is 30.3 Å². The van der Waals surface area contributed by atoms with E-state index in [-0.39, 0.29) is 24.4 Å². The van der Waals surface area contributed by atoms with Gasteiger partial charge in [0, 0.05) is 24.1 Å². The molecule has 2 rings (SSSR count). The summed E-state index contributed by atoms with van der Waals surface area (Å²) >= 11 is 0. The van der Waals surface area contributed by atoms with Crippen LogP contribution in [0.1, 0.15) is 36.4 Å². The van der Waals surface area contributed by atoms with Crippen molar-refractivity contribution >= 4 is 16.9 Å². The Morgan fingerprint density at radius 2 is 2.14 bits per heavy atom. The monoisotopic (exact) mass is 291 g/mol. The highest BCUT2D eigenvalue weighted by Gasteiger charge is 2.20. The molecule has 0 bridgehead atoms. The van der Waals surface area contributed by atoms with Crippen molar-refractivity contribution in [3.8, 4) is 0 Å². The number of rotatable bonds is 7. The maximum absolute atomic E-state index is 12.2. The Kier molecular flexibility index (Phi) is 5.36. The maximum Gasteiger partial charge on any atom is 0.287 e. The van der Waals surface area contributed by atoms with Crippen molar-refractivity contribution in [3.63, 3.8) is 0 Å². The second kappa shape index (κ2) is 7.24. The molecule has 2 N–H and O–H groups in total. The molecular formula is C16H21NO4. The molecular weight excluding hydrogens is 270 g/mol. The van der Waals surface area contributed by atoms with Gasteiger partial charge in [-0.15, -0.1) is 0 Å². The molecule has 0 aliphatic rings. The zero-order valence-corrected chi connectivity index (χ0v) is 12.4. The van der Waals surface area contributed by atoms with Crippen LogP contribution < -0.4 is 5.32 Å². The first-order valence-corrected chi connectivity index (χ1v) is 7.14. The van der Waals surface area contributed by atoms with Crippen LogP contribution in [0.2, 0.25) is 0 Å². The van der Waals surface area contributed by atoms with E-state index in [0.29, 0.717) is 25.2 Å². The van der Waals surface area contributed by atoms with Gasteiger partial charge in [-0.25, -0.2) is 0 Å². The Bertz CT molecular complexity index is 603. The number of nitrogens with one attached hydrogen (secondary N) is 1. The number of para-hydroxylation sites is 1. The number of fused-ring (bicyclic) bond motifs is 1. The number of hydrogen-bond donors (Lipinski definition) is 2. The molecule has 0 saturated heterocycles.